The highest BCUT2D eigenvalue weighted by Crippen LogP contribution is 2.47. The van der Waals surface area contributed by atoms with Crippen LogP contribution in [-0.2, 0) is 21.7 Å². The molecule has 1 amide bonds. The molecule has 3 aliphatic rings. The quantitative estimate of drug-likeness (QED) is 0.788. The van der Waals surface area contributed by atoms with Gasteiger partial charge in [-0.15, -0.1) is 0 Å². The fourth-order valence-electron chi connectivity index (χ4n) is 4.55. The third kappa shape index (κ3) is 2.32. The molecule has 2 atom stereocenters. The minimum Gasteiger partial charge on any atom is -0.338 e. The number of aromatic nitrogens is 2. The molecule has 2 fully saturated rings. The number of nitrogens with zero attached hydrogens (tertiary/aromatic N) is 3. The minimum absolute atomic E-state index is 0.0778. The number of amides is 1. The largest absolute Gasteiger partial charge is 0.338 e. The molecule has 1 aliphatic carbocycles. The van der Waals surface area contributed by atoms with Crippen LogP contribution in [0.1, 0.15) is 30.7 Å². The lowest BCUT2D eigenvalue weighted by Gasteiger charge is -2.35. The Morgan fingerprint density at radius 3 is 2.67 bits per heavy atom. The van der Waals surface area contributed by atoms with Crippen LogP contribution in [-0.4, -0.2) is 53.0 Å². The number of carbonyl (C=O) groups is 1. The van der Waals surface area contributed by atoms with E-state index in [0.717, 1.165) is 16.7 Å². The summed E-state index contributed by atoms with van der Waals surface area (Å²) in [7, 11) is -1.69. The van der Waals surface area contributed by atoms with Gasteiger partial charge >= 0.3 is 0 Å². The summed E-state index contributed by atoms with van der Waals surface area (Å²) < 4.78 is 42.2. The molecule has 1 aromatic carbocycles. The smallest absolute Gasteiger partial charge is 0.260 e. The number of fused-ring (bicyclic) bond motifs is 3. The van der Waals surface area contributed by atoms with Crippen LogP contribution in [0.4, 0.5) is 4.39 Å². The number of halogens is 1. The van der Waals surface area contributed by atoms with Crippen LogP contribution in [0.5, 0.6) is 0 Å². The van der Waals surface area contributed by atoms with Crippen molar-refractivity contribution in [2.45, 2.75) is 41.0 Å². The molecule has 0 radical (unpaired) electrons. The first-order valence-electron chi connectivity index (χ1n) is 9.15. The van der Waals surface area contributed by atoms with Gasteiger partial charge in [-0.3, -0.25) is 9.48 Å². The van der Waals surface area contributed by atoms with Crippen LogP contribution in [0.2, 0.25) is 0 Å². The summed E-state index contributed by atoms with van der Waals surface area (Å²) in [6, 6.07) is 5.33. The Kier molecular flexibility index (Phi) is 3.39. The molecule has 1 aromatic heterocycles. The molecule has 2 aromatic rings. The molecule has 6 nitrogen and oxygen atoms in total. The van der Waals surface area contributed by atoms with Gasteiger partial charge in [0.1, 0.15) is 0 Å². The highest BCUT2D eigenvalue weighted by Gasteiger charge is 2.55. The Morgan fingerprint density at radius 2 is 2.04 bits per heavy atom. The molecule has 0 spiro atoms. The van der Waals surface area contributed by atoms with E-state index in [1.807, 2.05) is 19.3 Å². The van der Waals surface area contributed by atoms with Crippen LogP contribution < -0.4 is 0 Å². The van der Waals surface area contributed by atoms with Crippen molar-refractivity contribution in [3.05, 3.63) is 36.2 Å². The molecule has 1 saturated heterocycles. The predicted octanol–water partition coefficient (Wildman–Crippen LogP) is 2.06. The maximum atomic E-state index is 14.6. The van der Waals surface area contributed by atoms with Crippen LogP contribution in [0.25, 0.3) is 11.1 Å². The molecular formula is C19H20FN3O3S. The molecular weight excluding hydrogens is 369 g/mol. The predicted molar refractivity (Wildman–Crippen MR) is 96.6 cm³/mol. The van der Waals surface area contributed by atoms with Crippen LogP contribution in [0.3, 0.4) is 0 Å². The van der Waals surface area contributed by atoms with E-state index in [1.165, 1.54) is 4.90 Å². The highest BCUT2D eigenvalue weighted by molar-refractivity contribution is 7.92. The van der Waals surface area contributed by atoms with E-state index in [9.17, 15) is 17.6 Å². The maximum Gasteiger partial charge on any atom is 0.260 e. The number of carbonyl (C=O) groups excluding carboxylic acids is 1. The van der Waals surface area contributed by atoms with E-state index >= 15 is 0 Å². The lowest BCUT2D eigenvalue weighted by molar-refractivity contribution is -0.148. The zero-order valence-corrected chi connectivity index (χ0v) is 15.7. The monoisotopic (exact) mass is 389 g/mol. The Hall–Kier alpha value is -2.22. The zero-order chi connectivity index (χ0) is 19.0. The van der Waals surface area contributed by atoms with Gasteiger partial charge in [-0.1, -0.05) is 6.07 Å². The fourth-order valence-corrected chi connectivity index (χ4v) is 6.71. The summed E-state index contributed by atoms with van der Waals surface area (Å²) in [6.45, 7) is 0.340. The second kappa shape index (κ2) is 5.41. The molecule has 5 rings (SSSR count). The van der Waals surface area contributed by atoms with E-state index in [4.69, 9.17) is 0 Å². The first-order chi connectivity index (χ1) is 12.8. The average molecular weight is 389 g/mol. The minimum atomic E-state index is -3.51. The van der Waals surface area contributed by atoms with E-state index in [0.29, 0.717) is 11.3 Å². The number of hydrogen-bond donors (Lipinski definition) is 0. The van der Waals surface area contributed by atoms with Crippen LogP contribution in [0.15, 0.2) is 35.5 Å². The van der Waals surface area contributed by atoms with E-state index in [2.05, 4.69) is 5.10 Å². The van der Waals surface area contributed by atoms with Gasteiger partial charge in [0.2, 0.25) is 0 Å². The molecule has 0 N–H and O–H groups in total. The highest BCUT2D eigenvalue weighted by atomic mass is 32.2. The molecule has 3 heterocycles. The third-order valence-electron chi connectivity index (χ3n) is 6.24. The summed E-state index contributed by atoms with van der Waals surface area (Å²) in [5.41, 5.74) is 0.744. The zero-order valence-electron chi connectivity index (χ0n) is 14.9. The second-order valence-corrected chi connectivity index (χ2v) is 10.0. The Labute approximate surface area is 156 Å². The van der Waals surface area contributed by atoms with Crippen molar-refractivity contribution in [1.29, 1.82) is 0 Å². The maximum absolute atomic E-state index is 14.6. The number of aryl methyl sites for hydroxylation is 1. The Balaban J connectivity index is 1.51. The number of alkyl halides is 1. The van der Waals surface area contributed by atoms with E-state index in [1.54, 1.807) is 23.0 Å². The molecule has 2 unspecified atom stereocenters. The van der Waals surface area contributed by atoms with Crippen molar-refractivity contribution in [2.24, 2.45) is 7.05 Å². The van der Waals surface area contributed by atoms with Gasteiger partial charge < -0.3 is 4.90 Å². The molecule has 2 aliphatic heterocycles. The second-order valence-electron chi connectivity index (χ2n) is 7.87. The van der Waals surface area contributed by atoms with E-state index in [-0.39, 0.29) is 31.8 Å². The molecule has 27 heavy (non-hydrogen) atoms. The number of sulfone groups is 1. The first-order valence-corrected chi connectivity index (χ1v) is 10.7. The van der Waals surface area contributed by atoms with Crippen molar-refractivity contribution in [1.82, 2.24) is 14.7 Å². The molecule has 142 valence electrons. The number of likely N-dealkylation sites (tertiary alicyclic amines) is 1. The lowest BCUT2D eigenvalue weighted by atomic mass is 9.81. The molecule has 0 bridgehead atoms. The Bertz CT molecular complexity index is 1060. The molecule has 8 heteroatoms. The summed E-state index contributed by atoms with van der Waals surface area (Å²) in [5.74, 6) is -0.836. The van der Waals surface area contributed by atoms with Gasteiger partial charge in [0.05, 0.1) is 16.3 Å². The standard InChI is InChI=1S/C19H20FN3O3S/c1-22-9-13(8-21-22)12-3-4-16-14(7-12)15-10-23(11-17(15)27(16,25)26)18(24)19(20)5-2-6-19/h3-4,7-9,15,17H,2,5-6,10-11H2,1H3. The lowest BCUT2D eigenvalue weighted by Crippen LogP contribution is -2.50. The van der Waals surface area contributed by atoms with Gasteiger partial charge in [-0.2, -0.15) is 5.10 Å². The fraction of sp³-hybridized carbons (Fsp3) is 0.474. The van der Waals surface area contributed by atoms with Crippen molar-refractivity contribution in [3.8, 4) is 11.1 Å². The summed E-state index contributed by atoms with van der Waals surface area (Å²) in [6.07, 6.45) is 4.80. The Morgan fingerprint density at radius 1 is 1.26 bits per heavy atom. The van der Waals surface area contributed by atoms with Gasteiger partial charge in [0.15, 0.2) is 15.5 Å². The summed E-state index contributed by atoms with van der Waals surface area (Å²) in [4.78, 5) is 14.3. The van der Waals surface area contributed by atoms with Crippen LogP contribution in [0, 0.1) is 0 Å². The SMILES string of the molecule is Cn1cc(-c2ccc3c(c2)C2CN(C(=O)C4(F)CCC4)CC2S3(=O)=O)cn1. The van der Waals surface area contributed by atoms with Crippen molar-refractivity contribution < 1.29 is 17.6 Å². The number of benzene rings is 1. The topological polar surface area (TPSA) is 72.3 Å². The molecule has 1 saturated carbocycles. The third-order valence-corrected chi connectivity index (χ3v) is 8.49. The summed E-state index contributed by atoms with van der Waals surface area (Å²) >= 11 is 0. The number of rotatable bonds is 2. The normalized spacial score (nSPS) is 27.1. The van der Waals surface area contributed by atoms with Crippen molar-refractivity contribution >= 4 is 15.7 Å². The average Bonchev–Trinajstić information content (AvgIpc) is 3.29. The first kappa shape index (κ1) is 16.9. The van der Waals surface area contributed by atoms with Crippen molar-refractivity contribution in [2.75, 3.05) is 13.1 Å². The summed E-state index contributed by atoms with van der Waals surface area (Å²) in [5, 5.41) is 3.49. The van der Waals surface area contributed by atoms with Crippen molar-refractivity contribution in [3.63, 3.8) is 0 Å². The van der Waals surface area contributed by atoms with E-state index < -0.39 is 26.7 Å². The number of hydrogen-bond acceptors (Lipinski definition) is 4. The van der Waals surface area contributed by atoms with Gasteiger partial charge in [-0.25, -0.2) is 12.8 Å². The van der Waals surface area contributed by atoms with Crippen LogP contribution >= 0.6 is 0 Å². The van der Waals surface area contributed by atoms with Gasteiger partial charge in [0.25, 0.3) is 5.91 Å². The van der Waals surface area contributed by atoms with Gasteiger partial charge in [0, 0.05) is 37.8 Å². The van der Waals surface area contributed by atoms with Gasteiger partial charge in [-0.05, 0) is 42.5 Å².